The van der Waals surface area contributed by atoms with Crippen LogP contribution in [0.3, 0.4) is 0 Å². The van der Waals surface area contributed by atoms with Crippen LogP contribution >= 0.6 is 0 Å². The van der Waals surface area contributed by atoms with Crippen molar-refractivity contribution in [2.24, 2.45) is 43.4 Å². The number of aliphatic imine (C=N–C) groups is 1. The molecule has 4 aliphatic rings. The van der Waals surface area contributed by atoms with Crippen molar-refractivity contribution < 1.29 is 0 Å². The van der Waals surface area contributed by atoms with Crippen molar-refractivity contribution in [3.8, 4) is 0 Å². The molecule has 57 heavy (non-hydrogen) atoms. The van der Waals surface area contributed by atoms with E-state index < -0.39 is 0 Å². The third-order valence-electron chi connectivity index (χ3n) is 9.89. The summed E-state index contributed by atoms with van der Waals surface area (Å²) >= 11 is 0. The van der Waals surface area contributed by atoms with Gasteiger partial charge in [-0.2, -0.15) is 0 Å². The number of hydrogen-bond acceptors (Lipinski definition) is 5. The summed E-state index contributed by atoms with van der Waals surface area (Å²) in [5.74, 6) is 5.78. The summed E-state index contributed by atoms with van der Waals surface area (Å²) in [5, 5.41) is 8.30. The maximum atomic E-state index is 4.71. The Labute approximate surface area is 355 Å². The van der Waals surface area contributed by atoms with Crippen LogP contribution in [-0.2, 0) is 13.1 Å². The summed E-state index contributed by atoms with van der Waals surface area (Å²) < 4.78 is 4.56. The fraction of sp³-hybridized carbons (Fsp3) is 0.880. The number of rotatable bonds is 0. The van der Waals surface area contributed by atoms with E-state index >= 15 is 0 Å². The molecule has 2 aromatic heterocycles. The van der Waals surface area contributed by atoms with Crippen molar-refractivity contribution in [2.75, 3.05) is 19.6 Å². The number of nitrogens with zero attached hydrogens (tertiary/aromatic N) is 7. The molecule has 6 rings (SSSR count). The van der Waals surface area contributed by atoms with E-state index in [-0.39, 0.29) is 0 Å². The monoisotopic (exact) mass is 796 g/mol. The van der Waals surface area contributed by atoms with Crippen molar-refractivity contribution in [1.82, 2.24) is 29.2 Å². The normalized spacial score (nSPS) is 21.4. The summed E-state index contributed by atoms with van der Waals surface area (Å²) in [5.41, 5.74) is 2.52. The van der Waals surface area contributed by atoms with Gasteiger partial charge in [-0.3, -0.25) is 4.99 Å². The molecule has 1 saturated heterocycles. The van der Waals surface area contributed by atoms with Gasteiger partial charge in [0.1, 0.15) is 23.8 Å². The highest BCUT2D eigenvalue weighted by Gasteiger charge is 2.35. The first kappa shape index (κ1) is 52.8. The van der Waals surface area contributed by atoms with Crippen molar-refractivity contribution in [2.45, 2.75) is 228 Å². The Balaban J connectivity index is 0.000000364. The number of imidazole rings is 1. The van der Waals surface area contributed by atoms with Crippen LogP contribution in [0.15, 0.2) is 23.7 Å². The lowest BCUT2D eigenvalue weighted by Crippen LogP contribution is -2.37. The minimum Gasteiger partial charge on any atom is -0.358 e. The first-order valence-corrected chi connectivity index (χ1v) is 22.9. The van der Waals surface area contributed by atoms with Crippen LogP contribution in [0.5, 0.6) is 0 Å². The van der Waals surface area contributed by atoms with E-state index in [2.05, 4.69) is 181 Å². The Morgan fingerprint density at radius 2 is 0.877 bits per heavy atom. The zero-order valence-electron chi connectivity index (χ0n) is 42.0. The fourth-order valence-corrected chi connectivity index (χ4v) is 7.34. The van der Waals surface area contributed by atoms with E-state index in [1.54, 1.807) is 0 Å². The predicted molar refractivity (Wildman–Crippen MR) is 250 cm³/mol. The molecule has 0 spiro atoms. The van der Waals surface area contributed by atoms with Gasteiger partial charge in [-0.1, -0.05) is 165 Å². The number of aromatic nitrogens is 5. The third kappa shape index (κ3) is 23.3. The zero-order chi connectivity index (χ0) is 44.0. The lowest BCUT2D eigenvalue weighted by Gasteiger charge is -2.32. The van der Waals surface area contributed by atoms with Gasteiger partial charge in [0.05, 0.1) is 6.54 Å². The second-order valence-corrected chi connectivity index (χ2v) is 25.3. The molecular formula is C50H97N7. The molecule has 0 N–H and O–H groups in total. The van der Waals surface area contributed by atoms with Crippen LogP contribution in [0.1, 0.15) is 227 Å². The van der Waals surface area contributed by atoms with Gasteiger partial charge in [-0.25, -0.2) is 4.98 Å². The van der Waals surface area contributed by atoms with E-state index in [4.69, 9.17) is 4.99 Å². The van der Waals surface area contributed by atoms with Gasteiger partial charge in [0.2, 0.25) is 0 Å². The highest BCUT2D eigenvalue weighted by atomic mass is 15.3. The summed E-state index contributed by atoms with van der Waals surface area (Å²) in [7, 11) is 0. The molecule has 0 bridgehead atoms. The molecule has 0 aliphatic carbocycles. The Morgan fingerprint density at radius 3 is 1.33 bits per heavy atom. The average molecular weight is 796 g/mol. The first-order chi connectivity index (χ1) is 25.8. The largest absolute Gasteiger partial charge is 0.358 e. The summed E-state index contributed by atoms with van der Waals surface area (Å²) in [4.78, 5) is 11.8. The van der Waals surface area contributed by atoms with Crippen LogP contribution < -0.4 is 0 Å². The summed E-state index contributed by atoms with van der Waals surface area (Å²) in [6.07, 6.45) is 17.8. The summed E-state index contributed by atoms with van der Waals surface area (Å²) in [6.45, 7) is 52.8. The maximum absolute atomic E-state index is 4.71. The molecule has 7 heteroatoms. The third-order valence-corrected chi connectivity index (χ3v) is 9.89. The second-order valence-electron chi connectivity index (χ2n) is 25.3. The highest BCUT2D eigenvalue weighted by Crippen LogP contribution is 2.41. The molecule has 4 aliphatic heterocycles. The van der Waals surface area contributed by atoms with Crippen LogP contribution in [0.2, 0.25) is 0 Å². The number of hydrogen-bond donors (Lipinski definition) is 0. The smallest absolute Gasteiger partial charge is 0.136 e. The van der Waals surface area contributed by atoms with Gasteiger partial charge in [-0.05, 0) is 71.0 Å². The van der Waals surface area contributed by atoms with Crippen LogP contribution in [0.25, 0.3) is 0 Å². The Hall–Kier alpha value is -2.18. The Kier molecular flexibility index (Phi) is 20.8. The quantitative estimate of drug-likeness (QED) is 0.266. The second kappa shape index (κ2) is 22.4. The zero-order valence-corrected chi connectivity index (χ0v) is 42.0. The van der Waals surface area contributed by atoms with Gasteiger partial charge < -0.3 is 14.0 Å². The lowest BCUT2D eigenvalue weighted by atomic mass is 9.77. The van der Waals surface area contributed by atoms with E-state index in [1.165, 1.54) is 88.4 Å². The minimum atomic E-state index is 0.301. The first-order valence-electron chi connectivity index (χ1n) is 22.9. The number of fused-ring (bicyclic) bond motifs is 3. The topological polar surface area (TPSA) is 64.1 Å². The van der Waals surface area contributed by atoms with Gasteiger partial charge in [0.25, 0.3) is 0 Å². The van der Waals surface area contributed by atoms with Crippen molar-refractivity contribution in [3.05, 3.63) is 30.4 Å². The molecule has 332 valence electrons. The Morgan fingerprint density at radius 1 is 0.474 bits per heavy atom. The average Bonchev–Trinajstić information content (AvgIpc) is 3.66. The molecular weight excluding hydrogens is 699 g/mol. The van der Waals surface area contributed by atoms with E-state index in [0.717, 1.165) is 19.6 Å². The SMILES string of the molecule is CC(C)(C)C.CC(C)(C)C.CC(C)(C)C.CC(C)(C)C1CCCCN2CCN=C12.CC(C)(C)C1CCCCn2ccnc21.CC(C)(C)C1CCCCn2cnnc21. The molecule has 3 atom stereocenters. The molecule has 0 radical (unpaired) electrons. The molecule has 0 saturated carbocycles. The lowest BCUT2D eigenvalue weighted by molar-refractivity contribution is 0.286. The Bertz CT molecular complexity index is 1290. The minimum absolute atomic E-state index is 0.301. The molecule has 3 unspecified atom stereocenters. The van der Waals surface area contributed by atoms with E-state index in [0.29, 0.717) is 50.2 Å². The maximum Gasteiger partial charge on any atom is 0.136 e. The van der Waals surface area contributed by atoms with Crippen molar-refractivity contribution >= 4 is 5.84 Å². The van der Waals surface area contributed by atoms with Gasteiger partial charge in [-0.15, -0.1) is 10.2 Å². The van der Waals surface area contributed by atoms with Crippen LogP contribution in [0.4, 0.5) is 0 Å². The molecule has 0 amide bonds. The van der Waals surface area contributed by atoms with Gasteiger partial charge >= 0.3 is 0 Å². The summed E-state index contributed by atoms with van der Waals surface area (Å²) in [6, 6.07) is 0. The van der Waals surface area contributed by atoms with Gasteiger partial charge in [0, 0.05) is 56.3 Å². The van der Waals surface area contributed by atoms with Crippen LogP contribution in [-0.4, -0.2) is 54.7 Å². The number of aryl methyl sites for hydroxylation is 2. The fourth-order valence-electron chi connectivity index (χ4n) is 7.34. The number of amidine groups is 1. The highest BCUT2D eigenvalue weighted by molar-refractivity contribution is 5.86. The van der Waals surface area contributed by atoms with Crippen LogP contribution in [0, 0.1) is 38.4 Å². The predicted octanol–water partition coefficient (Wildman–Crippen LogP) is 14.5. The van der Waals surface area contributed by atoms with Gasteiger partial charge in [0.15, 0.2) is 0 Å². The van der Waals surface area contributed by atoms with Crippen molar-refractivity contribution in [3.63, 3.8) is 0 Å². The molecule has 2 aromatic rings. The molecule has 1 fully saturated rings. The van der Waals surface area contributed by atoms with E-state index in [9.17, 15) is 0 Å². The molecule has 6 heterocycles. The van der Waals surface area contributed by atoms with E-state index in [1.807, 2.05) is 12.5 Å². The molecule has 0 aromatic carbocycles. The standard InChI is InChI=1S/C12H22N2.C12H20N2.C11H19N3.3C5H12/c2*1-12(2,3)10-6-4-5-8-14-9-7-13-11(10)14;1-11(2,3)9-6-4-5-7-14-8-12-13-10(9)14;3*1-5(2,3)4/h10H,4-9H2,1-3H3;7,9-10H,4-6,8H2,1-3H3;8-9H,4-7H2,1-3H3;3*1-4H3. The van der Waals surface area contributed by atoms with Crippen molar-refractivity contribution in [1.29, 1.82) is 0 Å². The molecule has 7 nitrogen and oxygen atoms in total.